The summed E-state index contributed by atoms with van der Waals surface area (Å²) in [5, 5.41) is 12.6. The summed E-state index contributed by atoms with van der Waals surface area (Å²) in [6.07, 6.45) is 5.64. The van der Waals surface area contributed by atoms with Crippen molar-refractivity contribution in [2.24, 2.45) is 0 Å². The molecule has 6 heteroatoms. The maximum atomic E-state index is 10.5. The summed E-state index contributed by atoms with van der Waals surface area (Å²) in [7, 11) is 0. The highest BCUT2D eigenvalue weighted by molar-refractivity contribution is 6.18. The smallest absolute Gasteiger partial charge is 0.215 e. The number of phenolic OH excluding ortho intramolecular Hbond substituents is 1. The molecule has 8 rings (SSSR count). The van der Waals surface area contributed by atoms with Crippen LogP contribution in [0.2, 0.25) is 0 Å². The molecular weight excluding hydrogens is 472 g/mol. The summed E-state index contributed by atoms with van der Waals surface area (Å²) in [4.78, 5) is 9.34. The number of fused-ring (bicyclic) bond motifs is 6. The molecule has 0 atom stereocenters. The number of pyridine rings is 2. The normalized spacial score (nSPS) is 11.8. The summed E-state index contributed by atoms with van der Waals surface area (Å²) in [6, 6.07) is 31.8. The first kappa shape index (κ1) is 20.8. The average Bonchev–Trinajstić information content (AvgIpc) is 3.62. The molecule has 8 aromatic rings. The number of aromatic nitrogens is 4. The highest BCUT2D eigenvalue weighted by Gasteiger charge is 2.20. The van der Waals surface area contributed by atoms with Gasteiger partial charge < -0.3 is 14.1 Å². The highest BCUT2D eigenvalue weighted by atomic mass is 16.3. The third-order valence-electron chi connectivity index (χ3n) is 7.18. The van der Waals surface area contributed by atoms with Crippen LogP contribution in [0.1, 0.15) is 0 Å². The van der Waals surface area contributed by atoms with E-state index in [0.717, 1.165) is 66.6 Å². The lowest BCUT2D eigenvalue weighted by Crippen LogP contribution is -1.96. The van der Waals surface area contributed by atoms with Gasteiger partial charge in [-0.15, -0.1) is 0 Å². The van der Waals surface area contributed by atoms with Gasteiger partial charge in [0.05, 0.1) is 21.9 Å². The number of furan rings is 1. The minimum atomic E-state index is 0.232. The molecule has 0 unspecified atom stereocenters. The second kappa shape index (κ2) is 7.82. The van der Waals surface area contributed by atoms with Crippen molar-refractivity contribution < 1.29 is 9.52 Å². The first-order valence-electron chi connectivity index (χ1n) is 12.4. The number of hydrogen-bond donors (Lipinski definition) is 1. The van der Waals surface area contributed by atoms with Crippen LogP contribution in [0.3, 0.4) is 0 Å². The molecule has 0 radical (unpaired) electrons. The van der Waals surface area contributed by atoms with Gasteiger partial charge in [0, 0.05) is 46.5 Å². The van der Waals surface area contributed by atoms with Gasteiger partial charge >= 0.3 is 0 Å². The van der Waals surface area contributed by atoms with Crippen LogP contribution in [-0.2, 0) is 0 Å². The number of nitrogens with zero attached hydrogens (tertiary/aromatic N) is 4. The van der Waals surface area contributed by atoms with Gasteiger partial charge in [-0.3, -0.25) is 14.5 Å². The van der Waals surface area contributed by atoms with Crippen LogP contribution in [0.15, 0.2) is 120 Å². The molecular formula is C32H20N4O2. The fourth-order valence-electron chi connectivity index (χ4n) is 5.49. The van der Waals surface area contributed by atoms with Gasteiger partial charge in [-0.2, -0.15) is 0 Å². The van der Waals surface area contributed by atoms with E-state index in [1.165, 1.54) is 0 Å². The predicted molar refractivity (Wildman–Crippen MR) is 150 cm³/mol. The first-order valence-corrected chi connectivity index (χ1v) is 12.4. The van der Waals surface area contributed by atoms with E-state index in [0.29, 0.717) is 0 Å². The molecule has 0 saturated heterocycles. The van der Waals surface area contributed by atoms with E-state index in [9.17, 15) is 5.11 Å². The molecule has 0 aliphatic rings. The predicted octanol–water partition coefficient (Wildman–Crippen LogP) is 7.64. The maximum Gasteiger partial charge on any atom is 0.215 e. The quantitative estimate of drug-likeness (QED) is 0.275. The molecule has 38 heavy (non-hydrogen) atoms. The van der Waals surface area contributed by atoms with Crippen molar-refractivity contribution in [3.05, 3.63) is 116 Å². The van der Waals surface area contributed by atoms with Gasteiger partial charge in [-0.05, 0) is 60.7 Å². The Morgan fingerprint density at radius 1 is 0.632 bits per heavy atom. The largest absolute Gasteiger partial charge is 0.507 e. The molecule has 5 heterocycles. The fraction of sp³-hybridized carbons (Fsp3) is 0. The van der Waals surface area contributed by atoms with Gasteiger partial charge in [-0.25, -0.2) is 0 Å². The number of phenols is 1. The van der Waals surface area contributed by atoms with Crippen molar-refractivity contribution in [2.45, 2.75) is 0 Å². The third-order valence-corrected chi connectivity index (χ3v) is 7.18. The molecule has 0 aliphatic heterocycles. The zero-order chi connectivity index (χ0) is 25.2. The Bertz CT molecular complexity index is 2150. The third kappa shape index (κ3) is 2.88. The standard InChI is InChI=1S/C32H20N4O2/c37-27-11-3-1-7-22(27)24-19-35(25-9-5-17-33-30(24)25)20-13-15-21(16-14-20)36-26-10-6-18-34-31(26)29-23-8-2-4-12-28(23)38-32(29)36/h1-19,37H. The first-order chi connectivity index (χ1) is 18.8. The molecule has 0 saturated carbocycles. The lowest BCUT2D eigenvalue weighted by Gasteiger charge is -2.09. The van der Waals surface area contributed by atoms with E-state index < -0.39 is 0 Å². The van der Waals surface area contributed by atoms with Crippen LogP contribution in [0.5, 0.6) is 5.75 Å². The Balaban J connectivity index is 1.31. The molecule has 0 bridgehead atoms. The van der Waals surface area contributed by atoms with Crippen molar-refractivity contribution in [1.82, 2.24) is 19.1 Å². The molecule has 3 aromatic carbocycles. The van der Waals surface area contributed by atoms with Gasteiger partial charge in [0.2, 0.25) is 5.71 Å². The molecule has 5 aromatic heterocycles. The topological polar surface area (TPSA) is 69.0 Å². The van der Waals surface area contributed by atoms with Crippen LogP contribution in [-0.4, -0.2) is 24.2 Å². The van der Waals surface area contributed by atoms with E-state index in [1.54, 1.807) is 12.3 Å². The second-order valence-electron chi connectivity index (χ2n) is 9.30. The summed E-state index contributed by atoms with van der Waals surface area (Å²) in [6.45, 7) is 0. The van der Waals surface area contributed by atoms with Crippen LogP contribution in [0.4, 0.5) is 0 Å². The van der Waals surface area contributed by atoms with Crippen LogP contribution in [0.25, 0.3) is 66.6 Å². The summed E-state index contributed by atoms with van der Waals surface area (Å²) >= 11 is 0. The Labute approximate surface area is 216 Å². The molecule has 0 aliphatic carbocycles. The molecule has 1 N–H and O–H groups in total. The van der Waals surface area contributed by atoms with Crippen molar-refractivity contribution in [3.8, 4) is 28.3 Å². The van der Waals surface area contributed by atoms with Gasteiger partial charge in [-0.1, -0.05) is 36.4 Å². The maximum absolute atomic E-state index is 10.5. The summed E-state index contributed by atoms with van der Waals surface area (Å²) in [5.74, 6) is 0.232. The van der Waals surface area contributed by atoms with Crippen molar-refractivity contribution in [2.75, 3.05) is 0 Å². The van der Waals surface area contributed by atoms with Crippen molar-refractivity contribution >= 4 is 44.1 Å². The number of hydrogen-bond acceptors (Lipinski definition) is 4. The number of benzene rings is 3. The highest BCUT2D eigenvalue weighted by Crippen LogP contribution is 2.39. The van der Waals surface area contributed by atoms with E-state index in [-0.39, 0.29) is 5.75 Å². The van der Waals surface area contributed by atoms with Gasteiger partial charge in [0.25, 0.3) is 0 Å². The Hall–Kier alpha value is -5.36. The lowest BCUT2D eigenvalue weighted by molar-refractivity contribution is 0.477. The number of rotatable bonds is 3. The van der Waals surface area contributed by atoms with E-state index in [1.807, 2.05) is 67.0 Å². The molecule has 180 valence electrons. The fourth-order valence-corrected chi connectivity index (χ4v) is 5.49. The molecule has 6 nitrogen and oxygen atoms in total. The van der Waals surface area contributed by atoms with E-state index >= 15 is 0 Å². The van der Waals surface area contributed by atoms with Crippen LogP contribution >= 0.6 is 0 Å². The minimum Gasteiger partial charge on any atom is -0.507 e. The van der Waals surface area contributed by atoms with E-state index in [2.05, 4.69) is 50.5 Å². The Morgan fingerprint density at radius 2 is 1.34 bits per heavy atom. The zero-order valence-electron chi connectivity index (χ0n) is 20.1. The molecule has 0 amide bonds. The SMILES string of the molecule is Oc1ccccc1-c1cn(-c2ccc(-n3c4cccnc4c4c5ccccc5oc43)cc2)c2cccnc12. The van der Waals surface area contributed by atoms with Crippen LogP contribution in [0, 0.1) is 0 Å². The number of para-hydroxylation sites is 2. The summed E-state index contributed by atoms with van der Waals surface area (Å²) < 4.78 is 10.6. The molecule has 0 fully saturated rings. The Morgan fingerprint density at radius 3 is 2.18 bits per heavy atom. The monoisotopic (exact) mass is 492 g/mol. The minimum absolute atomic E-state index is 0.232. The lowest BCUT2D eigenvalue weighted by atomic mass is 10.1. The van der Waals surface area contributed by atoms with Crippen molar-refractivity contribution in [1.29, 1.82) is 0 Å². The van der Waals surface area contributed by atoms with Gasteiger partial charge in [0.15, 0.2) is 0 Å². The number of aromatic hydroxyl groups is 1. The average molecular weight is 493 g/mol. The molecule has 0 spiro atoms. The zero-order valence-corrected chi connectivity index (χ0v) is 20.1. The summed E-state index contributed by atoms with van der Waals surface area (Å²) in [5.41, 5.74) is 8.96. The Kier molecular flexibility index (Phi) is 4.28. The second-order valence-corrected chi connectivity index (χ2v) is 9.30. The van der Waals surface area contributed by atoms with Crippen LogP contribution < -0.4 is 0 Å². The van der Waals surface area contributed by atoms with Gasteiger partial charge in [0.1, 0.15) is 16.8 Å². The van der Waals surface area contributed by atoms with Crippen molar-refractivity contribution in [3.63, 3.8) is 0 Å². The van der Waals surface area contributed by atoms with E-state index in [4.69, 9.17) is 9.40 Å².